The molecule has 0 fully saturated rings. The van der Waals surface area contributed by atoms with Crippen LogP contribution in [-0.4, -0.2) is 21.2 Å². The van der Waals surface area contributed by atoms with Crippen LogP contribution < -0.4 is 5.32 Å². The Morgan fingerprint density at radius 1 is 1.11 bits per heavy atom. The van der Waals surface area contributed by atoms with Crippen molar-refractivity contribution in [2.75, 3.05) is 5.32 Å². The highest BCUT2D eigenvalue weighted by molar-refractivity contribution is 6.42. The van der Waals surface area contributed by atoms with Crippen LogP contribution in [0, 0.1) is 0 Å². The maximum Gasteiger partial charge on any atom is 0.228 e. The molecule has 3 rings (SSSR count). The van der Waals surface area contributed by atoms with Gasteiger partial charge in [-0.3, -0.25) is 9.59 Å². The topological polar surface area (TPSA) is 64.0 Å². The van der Waals surface area contributed by atoms with Crippen molar-refractivity contribution < 1.29 is 9.59 Å². The van der Waals surface area contributed by atoms with Gasteiger partial charge < -0.3 is 9.88 Å². The molecule has 3 aromatic rings. The number of nitrogens with one attached hydrogen (secondary N) is 1. The van der Waals surface area contributed by atoms with Crippen LogP contribution in [0.2, 0.25) is 10.0 Å². The molecule has 0 saturated carbocycles. The summed E-state index contributed by atoms with van der Waals surface area (Å²) in [4.78, 5) is 28.6. The predicted octanol–water partition coefficient (Wildman–Crippen LogP) is 4.53. The molecular weight excluding hydrogens is 385 g/mol. The fourth-order valence-electron chi connectivity index (χ4n) is 2.63. The van der Waals surface area contributed by atoms with E-state index in [4.69, 9.17) is 23.2 Å². The van der Waals surface area contributed by atoms with E-state index in [9.17, 15) is 9.59 Å². The van der Waals surface area contributed by atoms with Gasteiger partial charge in [0.15, 0.2) is 5.82 Å². The summed E-state index contributed by atoms with van der Waals surface area (Å²) in [5.41, 5.74) is 1.96. The monoisotopic (exact) mass is 401 g/mol. The quantitative estimate of drug-likeness (QED) is 0.617. The first-order valence-electron chi connectivity index (χ1n) is 8.30. The molecule has 0 spiro atoms. The first-order chi connectivity index (χ1) is 13.0. The second-order valence-electron chi connectivity index (χ2n) is 6.03. The van der Waals surface area contributed by atoms with Crippen LogP contribution in [0.25, 0.3) is 0 Å². The van der Waals surface area contributed by atoms with Gasteiger partial charge in [0.2, 0.25) is 11.7 Å². The van der Waals surface area contributed by atoms with Gasteiger partial charge in [-0.2, -0.15) is 0 Å². The van der Waals surface area contributed by atoms with Crippen LogP contribution in [0.3, 0.4) is 0 Å². The fourth-order valence-corrected chi connectivity index (χ4v) is 3.05. The molecule has 0 unspecified atom stereocenters. The molecule has 1 N–H and O–H groups in total. The van der Waals surface area contributed by atoms with Crippen LogP contribution in [-0.2, 0) is 18.3 Å². The van der Waals surface area contributed by atoms with Crippen molar-refractivity contribution in [1.82, 2.24) is 9.55 Å². The van der Waals surface area contributed by atoms with Crippen LogP contribution in [0.4, 0.5) is 5.69 Å². The molecule has 7 heteroatoms. The number of anilines is 1. The minimum atomic E-state index is -0.170. The first kappa shape index (κ1) is 19.1. The third kappa shape index (κ3) is 4.56. The fraction of sp³-hybridized carbons (Fsp3) is 0.150. The smallest absolute Gasteiger partial charge is 0.228 e. The summed E-state index contributed by atoms with van der Waals surface area (Å²) in [7, 11) is 1.76. The van der Waals surface area contributed by atoms with Crippen molar-refractivity contribution in [1.29, 1.82) is 0 Å². The van der Waals surface area contributed by atoms with E-state index in [0.717, 1.165) is 5.56 Å². The van der Waals surface area contributed by atoms with E-state index in [0.29, 0.717) is 33.5 Å². The van der Waals surface area contributed by atoms with Crippen LogP contribution >= 0.6 is 23.2 Å². The Morgan fingerprint density at radius 2 is 1.85 bits per heavy atom. The number of hydrogen-bond acceptors (Lipinski definition) is 3. The third-order valence-electron chi connectivity index (χ3n) is 4.11. The van der Waals surface area contributed by atoms with Gasteiger partial charge >= 0.3 is 0 Å². The van der Waals surface area contributed by atoms with Crippen LogP contribution in [0.15, 0.2) is 54.9 Å². The van der Waals surface area contributed by atoms with Crippen LogP contribution in [0.5, 0.6) is 0 Å². The summed E-state index contributed by atoms with van der Waals surface area (Å²) >= 11 is 12.1. The molecule has 0 bridgehead atoms. The Kier molecular flexibility index (Phi) is 5.94. The van der Waals surface area contributed by atoms with Gasteiger partial charge in [-0.15, -0.1) is 0 Å². The molecule has 1 aromatic heterocycles. The van der Waals surface area contributed by atoms with Crippen molar-refractivity contribution >= 4 is 40.6 Å². The second-order valence-corrected chi connectivity index (χ2v) is 6.81. The van der Waals surface area contributed by atoms with Gasteiger partial charge in [0, 0.05) is 37.1 Å². The summed E-state index contributed by atoms with van der Waals surface area (Å²) in [6.45, 7) is 0. The lowest BCUT2D eigenvalue weighted by Crippen LogP contribution is -2.13. The van der Waals surface area contributed by atoms with Gasteiger partial charge in [0.1, 0.15) is 0 Å². The number of nitrogens with zero attached hydrogens (tertiary/aromatic N) is 2. The zero-order chi connectivity index (χ0) is 19.4. The van der Waals surface area contributed by atoms with E-state index in [2.05, 4.69) is 10.3 Å². The van der Waals surface area contributed by atoms with Gasteiger partial charge in [-0.05, 0) is 42.3 Å². The number of hydrogen-bond donors (Lipinski definition) is 1. The van der Waals surface area contributed by atoms with Crippen molar-refractivity contribution in [3.05, 3.63) is 81.9 Å². The zero-order valence-corrected chi connectivity index (χ0v) is 16.1. The minimum absolute atomic E-state index is 0.144. The molecule has 2 aromatic carbocycles. The lowest BCUT2D eigenvalue weighted by atomic mass is 10.1. The highest BCUT2D eigenvalue weighted by Crippen LogP contribution is 2.26. The number of imidazole rings is 1. The Labute approximate surface area is 166 Å². The molecule has 0 radical (unpaired) electrons. The van der Waals surface area contributed by atoms with Gasteiger partial charge in [0.25, 0.3) is 0 Å². The molecule has 1 heterocycles. The molecule has 0 aliphatic carbocycles. The Balaban J connectivity index is 1.59. The van der Waals surface area contributed by atoms with E-state index in [1.807, 2.05) is 6.07 Å². The highest BCUT2D eigenvalue weighted by atomic mass is 35.5. The number of ketones is 1. The van der Waals surface area contributed by atoms with Crippen molar-refractivity contribution in [2.24, 2.45) is 7.05 Å². The molecule has 138 valence electrons. The standard InChI is InChI=1S/C20H17Cl2N3O2/c1-25-12-11-23-20(25)19(27)14-5-8-15(9-6-14)24-17(26)10-7-13-3-2-4-16(21)18(13)22/h2-6,8-9,11-12H,7,10H2,1H3,(H,24,26). The molecule has 27 heavy (non-hydrogen) atoms. The predicted molar refractivity (Wildman–Crippen MR) is 106 cm³/mol. The number of aryl methyl sites for hydroxylation is 2. The molecule has 0 atom stereocenters. The average Bonchev–Trinajstić information content (AvgIpc) is 3.09. The lowest BCUT2D eigenvalue weighted by molar-refractivity contribution is -0.116. The van der Waals surface area contributed by atoms with Crippen molar-refractivity contribution in [2.45, 2.75) is 12.8 Å². The lowest BCUT2D eigenvalue weighted by Gasteiger charge is -2.08. The molecule has 0 saturated heterocycles. The average molecular weight is 402 g/mol. The zero-order valence-electron chi connectivity index (χ0n) is 14.6. The summed E-state index contributed by atoms with van der Waals surface area (Å²) in [6.07, 6.45) is 4.05. The third-order valence-corrected chi connectivity index (χ3v) is 4.97. The summed E-state index contributed by atoms with van der Waals surface area (Å²) in [5.74, 6) is 0.0513. The molecule has 0 aliphatic rings. The largest absolute Gasteiger partial charge is 0.331 e. The van der Waals surface area contributed by atoms with E-state index in [-0.39, 0.29) is 18.1 Å². The number of halogens is 2. The number of rotatable bonds is 6. The van der Waals surface area contributed by atoms with Crippen molar-refractivity contribution in [3.63, 3.8) is 0 Å². The maximum absolute atomic E-state index is 12.4. The number of amides is 1. The normalized spacial score (nSPS) is 10.6. The number of carbonyl (C=O) groups is 2. The number of carbonyl (C=O) groups excluding carboxylic acids is 2. The van der Waals surface area contributed by atoms with Gasteiger partial charge in [-0.1, -0.05) is 35.3 Å². The van der Waals surface area contributed by atoms with E-state index < -0.39 is 0 Å². The highest BCUT2D eigenvalue weighted by Gasteiger charge is 2.14. The first-order valence-corrected chi connectivity index (χ1v) is 9.06. The van der Waals surface area contributed by atoms with E-state index in [1.54, 1.807) is 60.4 Å². The van der Waals surface area contributed by atoms with Gasteiger partial charge in [0.05, 0.1) is 10.0 Å². The number of aromatic nitrogens is 2. The Bertz CT molecular complexity index is 981. The number of benzene rings is 2. The summed E-state index contributed by atoms with van der Waals surface area (Å²) < 4.78 is 1.67. The second kappa shape index (κ2) is 8.37. The van der Waals surface area contributed by atoms with E-state index in [1.165, 1.54) is 0 Å². The minimum Gasteiger partial charge on any atom is -0.331 e. The maximum atomic E-state index is 12.4. The molecule has 0 aliphatic heterocycles. The molecule has 5 nitrogen and oxygen atoms in total. The Morgan fingerprint density at radius 3 is 2.52 bits per heavy atom. The molecular formula is C20H17Cl2N3O2. The molecule has 1 amide bonds. The Hall–Kier alpha value is -2.63. The SMILES string of the molecule is Cn1ccnc1C(=O)c1ccc(NC(=O)CCc2cccc(Cl)c2Cl)cc1. The van der Waals surface area contributed by atoms with E-state index >= 15 is 0 Å². The summed E-state index contributed by atoms with van der Waals surface area (Å²) in [5, 5.41) is 3.76. The van der Waals surface area contributed by atoms with Crippen LogP contribution in [0.1, 0.15) is 28.2 Å². The van der Waals surface area contributed by atoms with Gasteiger partial charge in [-0.25, -0.2) is 4.98 Å². The van der Waals surface area contributed by atoms with Crippen molar-refractivity contribution in [3.8, 4) is 0 Å². The summed E-state index contributed by atoms with van der Waals surface area (Å²) in [6, 6.07) is 12.1.